The molecule has 1 unspecified atom stereocenters. The van der Waals surface area contributed by atoms with Crippen LogP contribution in [-0.2, 0) is 9.53 Å². The highest BCUT2D eigenvalue weighted by Crippen LogP contribution is 2.50. The van der Waals surface area contributed by atoms with Gasteiger partial charge in [0.15, 0.2) is 0 Å². The first-order valence-electron chi connectivity index (χ1n) is 6.48. The fourth-order valence-corrected chi connectivity index (χ4v) is 2.59. The molecule has 1 amide bonds. The van der Waals surface area contributed by atoms with E-state index in [1.54, 1.807) is 0 Å². The van der Waals surface area contributed by atoms with Gasteiger partial charge < -0.3 is 9.64 Å². The number of ether oxygens (including phenoxy) is 1. The zero-order valence-electron chi connectivity index (χ0n) is 11.7. The van der Waals surface area contributed by atoms with Crippen LogP contribution in [0.4, 0.5) is 0 Å². The van der Waals surface area contributed by atoms with E-state index < -0.39 is 0 Å². The van der Waals surface area contributed by atoms with Gasteiger partial charge in [-0.1, -0.05) is 13.8 Å². The van der Waals surface area contributed by atoms with Crippen molar-refractivity contribution in [3.63, 3.8) is 0 Å². The first kappa shape index (κ1) is 14.5. The Morgan fingerprint density at radius 3 is 2.35 bits per heavy atom. The molecule has 100 valence electrons. The number of amides is 1. The number of nitrogens with one attached hydrogen (secondary N) is 1. The standard InChI is InChI=1S/C13H26N2O2/c1-6-15(10-16)13(8-7-12(13,4)5)14-9-17-11(2)3/h10-11,14H,6-9H2,1-5H3. The van der Waals surface area contributed by atoms with Gasteiger partial charge in [-0.25, -0.2) is 0 Å². The summed E-state index contributed by atoms with van der Waals surface area (Å²) in [7, 11) is 0. The highest BCUT2D eigenvalue weighted by molar-refractivity contribution is 5.50. The Hall–Kier alpha value is -0.610. The molecule has 0 saturated heterocycles. The first-order valence-corrected chi connectivity index (χ1v) is 6.48. The van der Waals surface area contributed by atoms with Gasteiger partial charge in [-0.2, -0.15) is 0 Å². The number of rotatable bonds is 7. The van der Waals surface area contributed by atoms with Gasteiger partial charge >= 0.3 is 0 Å². The second kappa shape index (κ2) is 5.36. The van der Waals surface area contributed by atoms with Crippen LogP contribution in [0, 0.1) is 5.41 Å². The predicted octanol–water partition coefficient (Wildman–Crippen LogP) is 1.95. The summed E-state index contributed by atoms with van der Waals surface area (Å²) in [6.07, 6.45) is 3.28. The van der Waals surface area contributed by atoms with Crippen LogP contribution in [-0.4, -0.2) is 36.4 Å². The molecule has 0 bridgehead atoms. The van der Waals surface area contributed by atoms with Crippen molar-refractivity contribution in [2.45, 2.75) is 59.2 Å². The monoisotopic (exact) mass is 242 g/mol. The molecule has 17 heavy (non-hydrogen) atoms. The molecule has 1 saturated carbocycles. The third-order valence-electron chi connectivity index (χ3n) is 3.97. The van der Waals surface area contributed by atoms with Gasteiger partial charge in [-0.15, -0.1) is 0 Å². The van der Waals surface area contributed by atoms with Crippen LogP contribution in [0.15, 0.2) is 0 Å². The van der Waals surface area contributed by atoms with E-state index in [2.05, 4.69) is 19.2 Å². The molecule has 1 aliphatic rings. The molecular weight excluding hydrogens is 216 g/mol. The van der Waals surface area contributed by atoms with Gasteiger partial charge in [0.05, 0.1) is 12.8 Å². The number of carbonyl (C=O) groups excluding carboxylic acids is 1. The van der Waals surface area contributed by atoms with E-state index >= 15 is 0 Å². The minimum Gasteiger partial charge on any atom is -0.364 e. The summed E-state index contributed by atoms with van der Waals surface area (Å²) < 4.78 is 5.55. The summed E-state index contributed by atoms with van der Waals surface area (Å²) in [4.78, 5) is 13.1. The van der Waals surface area contributed by atoms with Crippen LogP contribution in [0.1, 0.15) is 47.5 Å². The van der Waals surface area contributed by atoms with E-state index in [9.17, 15) is 4.79 Å². The van der Waals surface area contributed by atoms with E-state index in [-0.39, 0.29) is 17.2 Å². The minimum atomic E-state index is -0.238. The third kappa shape index (κ3) is 2.63. The van der Waals surface area contributed by atoms with Gasteiger partial charge in [-0.05, 0) is 33.6 Å². The zero-order valence-corrected chi connectivity index (χ0v) is 11.7. The molecule has 0 aliphatic heterocycles. The van der Waals surface area contributed by atoms with E-state index in [0.29, 0.717) is 6.73 Å². The maximum absolute atomic E-state index is 11.2. The molecule has 0 aromatic carbocycles. The van der Waals surface area contributed by atoms with Crippen LogP contribution < -0.4 is 5.32 Å². The maximum Gasteiger partial charge on any atom is 0.211 e. The topological polar surface area (TPSA) is 41.6 Å². The molecular formula is C13H26N2O2. The van der Waals surface area contributed by atoms with Gasteiger partial charge in [0.1, 0.15) is 5.66 Å². The van der Waals surface area contributed by atoms with Gasteiger partial charge in [-0.3, -0.25) is 10.1 Å². The molecule has 4 nitrogen and oxygen atoms in total. The smallest absolute Gasteiger partial charge is 0.211 e. The van der Waals surface area contributed by atoms with Crippen molar-refractivity contribution < 1.29 is 9.53 Å². The molecule has 0 radical (unpaired) electrons. The number of carbonyl (C=O) groups is 1. The summed E-state index contributed by atoms with van der Waals surface area (Å²) in [5.74, 6) is 0. The average Bonchev–Trinajstić information content (AvgIpc) is 2.26. The second-order valence-electron chi connectivity index (χ2n) is 5.67. The van der Waals surface area contributed by atoms with Crippen LogP contribution in [0.25, 0.3) is 0 Å². The molecule has 0 aromatic rings. The lowest BCUT2D eigenvalue weighted by Crippen LogP contribution is -2.72. The first-order chi connectivity index (χ1) is 7.89. The Morgan fingerprint density at radius 2 is 2.06 bits per heavy atom. The molecule has 0 aromatic heterocycles. The average molecular weight is 242 g/mol. The lowest BCUT2D eigenvalue weighted by atomic mass is 9.61. The fourth-order valence-electron chi connectivity index (χ4n) is 2.59. The number of nitrogens with zero attached hydrogens (tertiary/aromatic N) is 1. The summed E-state index contributed by atoms with van der Waals surface area (Å²) in [5, 5.41) is 3.43. The predicted molar refractivity (Wildman–Crippen MR) is 68.4 cm³/mol. The van der Waals surface area contributed by atoms with Crippen LogP contribution in [0.3, 0.4) is 0 Å². The Labute approximate surface area is 105 Å². The molecule has 1 aliphatic carbocycles. The summed E-state index contributed by atoms with van der Waals surface area (Å²) >= 11 is 0. The molecule has 1 N–H and O–H groups in total. The summed E-state index contributed by atoms with van der Waals surface area (Å²) in [5.41, 5.74) is -0.136. The van der Waals surface area contributed by atoms with Crippen LogP contribution in [0.5, 0.6) is 0 Å². The normalized spacial score (nSPS) is 26.7. The van der Waals surface area contributed by atoms with Crippen molar-refractivity contribution in [2.75, 3.05) is 13.3 Å². The minimum absolute atomic E-state index is 0.101. The van der Waals surface area contributed by atoms with Crippen LogP contribution >= 0.6 is 0 Å². The van der Waals surface area contributed by atoms with Crippen LogP contribution in [0.2, 0.25) is 0 Å². The molecule has 0 heterocycles. The van der Waals surface area contributed by atoms with Gasteiger partial charge in [0.25, 0.3) is 0 Å². The van der Waals surface area contributed by atoms with E-state index in [0.717, 1.165) is 25.8 Å². The van der Waals surface area contributed by atoms with Crippen molar-refractivity contribution >= 4 is 6.41 Å². The second-order valence-corrected chi connectivity index (χ2v) is 5.67. The Balaban J connectivity index is 2.71. The van der Waals surface area contributed by atoms with Crippen molar-refractivity contribution in [3.8, 4) is 0 Å². The van der Waals surface area contributed by atoms with Crippen molar-refractivity contribution in [3.05, 3.63) is 0 Å². The number of hydrogen-bond donors (Lipinski definition) is 1. The number of hydrogen-bond acceptors (Lipinski definition) is 3. The third-order valence-corrected chi connectivity index (χ3v) is 3.97. The van der Waals surface area contributed by atoms with E-state index in [1.165, 1.54) is 0 Å². The lowest BCUT2D eigenvalue weighted by molar-refractivity contribution is -0.158. The summed E-state index contributed by atoms with van der Waals surface area (Å²) in [6, 6.07) is 0. The molecule has 4 heteroatoms. The highest BCUT2D eigenvalue weighted by atomic mass is 16.5. The van der Waals surface area contributed by atoms with E-state index in [4.69, 9.17) is 4.74 Å². The molecule has 1 atom stereocenters. The van der Waals surface area contributed by atoms with Gasteiger partial charge in [0, 0.05) is 12.0 Å². The molecule has 1 rings (SSSR count). The van der Waals surface area contributed by atoms with Crippen molar-refractivity contribution in [1.29, 1.82) is 0 Å². The largest absolute Gasteiger partial charge is 0.364 e. The van der Waals surface area contributed by atoms with Gasteiger partial charge in [0.2, 0.25) is 6.41 Å². The Kier molecular flexibility index (Phi) is 4.55. The SMILES string of the molecule is CCN(C=O)C1(NCOC(C)C)CCC1(C)C. The Bertz CT molecular complexity index is 266. The van der Waals surface area contributed by atoms with E-state index in [1.807, 2.05) is 25.7 Å². The lowest BCUT2D eigenvalue weighted by Gasteiger charge is -2.60. The quantitative estimate of drug-likeness (QED) is 0.548. The summed E-state index contributed by atoms with van der Waals surface area (Å²) in [6.45, 7) is 11.6. The highest BCUT2D eigenvalue weighted by Gasteiger charge is 2.56. The Morgan fingerprint density at radius 1 is 1.41 bits per heavy atom. The molecule has 0 spiro atoms. The van der Waals surface area contributed by atoms with Crippen molar-refractivity contribution in [1.82, 2.24) is 10.2 Å². The molecule has 1 fully saturated rings. The zero-order chi connectivity index (χ0) is 13.1. The fraction of sp³-hybridized carbons (Fsp3) is 0.923. The maximum atomic E-state index is 11.2. The van der Waals surface area contributed by atoms with Crippen molar-refractivity contribution in [2.24, 2.45) is 5.41 Å².